The lowest BCUT2D eigenvalue weighted by molar-refractivity contribution is 0.444. The fraction of sp³-hybridized carbons (Fsp3) is 0.556. The molecule has 0 spiro atoms. The van der Waals surface area contributed by atoms with Crippen molar-refractivity contribution in [1.29, 1.82) is 0 Å². The number of hydrogen-bond acceptors (Lipinski definition) is 3. The Hall–Kier alpha value is -0.830. The summed E-state index contributed by atoms with van der Waals surface area (Å²) in [7, 11) is 0. The smallest absolute Gasteiger partial charge is 0.224 e. The summed E-state index contributed by atoms with van der Waals surface area (Å²) < 4.78 is 0. The Bertz CT molecular complexity index is 310. The molecule has 3 nitrogen and oxygen atoms in total. The zero-order valence-corrected chi connectivity index (χ0v) is 8.30. The van der Waals surface area contributed by atoms with Crippen LogP contribution in [0.5, 0.6) is 0 Å². The van der Waals surface area contributed by atoms with Gasteiger partial charge in [-0.15, -0.1) is 0 Å². The minimum atomic E-state index is 0.312. The maximum atomic E-state index is 5.70. The third kappa shape index (κ3) is 1.91. The molecule has 0 amide bonds. The van der Waals surface area contributed by atoms with Crippen LogP contribution in [0.3, 0.4) is 0 Å². The molecule has 1 aromatic heterocycles. The van der Waals surface area contributed by atoms with Gasteiger partial charge >= 0.3 is 0 Å². The second kappa shape index (κ2) is 3.50. The third-order valence-corrected chi connectivity index (χ3v) is 2.57. The average Bonchev–Trinajstić information content (AvgIpc) is 2.03. The molecule has 1 fully saturated rings. The quantitative estimate of drug-likeness (QED) is 0.740. The molecule has 1 aromatic rings. The van der Waals surface area contributed by atoms with Crippen LogP contribution in [0.2, 0.25) is 5.28 Å². The van der Waals surface area contributed by atoms with E-state index in [0.717, 1.165) is 11.4 Å². The highest BCUT2D eigenvalue weighted by Gasteiger charge is 2.18. The lowest BCUT2D eigenvalue weighted by atomic mass is 9.93. The number of halogens is 1. The molecule has 0 radical (unpaired) electrons. The Labute approximate surface area is 82.5 Å². The van der Waals surface area contributed by atoms with Crippen LogP contribution in [-0.2, 0) is 0 Å². The Balaban J connectivity index is 2.13. The van der Waals surface area contributed by atoms with Crippen LogP contribution in [0.4, 0.5) is 5.82 Å². The van der Waals surface area contributed by atoms with E-state index in [9.17, 15) is 0 Å². The molecule has 0 aliphatic heterocycles. The normalized spacial score (nSPS) is 16.8. The SMILES string of the molecule is Cc1cnc(Cl)nc1NC1CCC1. The van der Waals surface area contributed by atoms with Crippen LogP contribution in [0, 0.1) is 6.92 Å². The number of anilines is 1. The third-order valence-electron chi connectivity index (χ3n) is 2.39. The first-order chi connectivity index (χ1) is 6.25. The lowest BCUT2D eigenvalue weighted by Crippen LogP contribution is -2.27. The van der Waals surface area contributed by atoms with Crippen molar-refractivity contribution in [3.63, 3.8) is 0 Å². The average molecular weight is 198 g/mol. The highest BCUT2D eigenvalue weighted by Crippen LogP contribution is 2.23. The Morgan fingerprint density at radius 1 is 1.54 bits per heavy atom. The van der Waals surface area contributed by atoms with Crippen LogP contribution >= 0.6 is 11.6 Å². The van der Waals surface area contributed by atoms with Crippen LogP contribution in [0.15, 0.2) is 6.20 Å². The highest BCUT2D eigenvalue weighted by molar-refractivity contribution is 6.28. The molecular formula is C9H12ClN3. The summed E-state index contributed by atoms with van der Waals surface area (Å²) in [5, 5.41) is 3.66. The highest BCUT2D eigenvalue weighted by atomic mass is 35.5. The number of nitrogens with zero attached hydrogens (tertiary/aromatic N) is 2. The van der Waals surface area contributed by atoms with Gasteiger partial charge in [-0.3, -0.25) is 0 Å². The largest absolute Gasteiger partial charge is 0.367 e. The molecule has 1 saturated carbocycles. The lowest BCUT2D eigenvalue weighted by Gasteiger charge is -2.27. The fourth-order valence-corrected chi connectivity index (χ4v) is 1.45. The van der Waals surface area contributed by atoms with Gasteiger partial charge < -0.3 is 5.32 Å². The summed E-state index contributed by atoms with van der Waals surface area (Å²) >= 11 is 5.70. The van der Waals surface area contributed by atoms with Crippen molar-refractivity contribution >= 4 is 17.4 Å². The van der Waals surface area contributed by atoms with Crippen LogP contribution in [0.1, 0.15) is 24.8 Å². The van der Waals surface area contributed by atoms with Crippen molar-refractivity contribution in [2.24, 2.45) is 0 Å². The van der Waals surface area contributed by atoms with Crippen molar-refractivity contribution in [1.82, 2.24) is 9.97 Å². The van der Waals surface area contributed by atoms with Crippen molar-refractivity contribution in [3.05, 3.63) is 17.0 Å². The molecule has 4 heteroatoms. The van der Waals surface area contributed by atoms with Gasteiger partial charge in [-0.25, -0.2) is 9.97 Å². The van der Waals surface area contributed by atoms with Crippen molar-refractivity contribution < 1.29 is 0 Å². The summed E-state index contributed by atoms with van der Waals surface area (Å²) in [4.78, 5) is 8.04. The van der Waals surface area contributed by atoms with E-state index in [2.05, 4.69) is 15.3 Å². The molecule has 1 N–H and O–H groups in total. The molecule has 0 bridgehead atoms. The summed E-state index contributed by atoms with van der Waals surface area (Å²) in [6.07, 6.45) is 5.54. The summed E-state index contributed by atoms with van der Waals surface area (Å²) in [6, 6.07) is 0.588. The number of nitrogens with one attached hydrogen (secondary N) is 1. The van der Waals surface area contributed by atoms with Crippen LogP contribution in [-0.4, -0.2) is 16.0 Å². The first-order valence-electron chi connectivity index (χ1n) is 4.51. The predicted molar refractivity (Wildman–Crippen MR) is 53.0 cm³/mol. The van der Waals surface area contributed by atoms with E-state index >= 15 is 0 Å². The molecule has 2 rings (SSSR count). The molecular weight excluding hydrogens is 186 g/mol. The standard InChI is InChI=1S/C9H12ClN3/c1-6-5-11-9(10)13-8(6)12-7-3-2-4-7/h5,7H,2-4H2,1H3,(H,11,12,13). The second-order valence-corrected chi connectivity index (χ2v) is 3.78. The van der Waals surface area contributed by atoms with Crippen LogP contribution < -0.4 is 5.32 Å². The van der Waals surface area contributed by atoms with E-state index in [-0.39, 0.29) is 0 Å². The van der Waals surface area contributed by atoms with E-state index in [1.807, 2.05) is 6.92 Å². The number of hydrogen-bond donors (Lipinski definition) is 1. The number of aromatic nitrogens is 2. The van der Waals surface area contributed by atoms with E-state index in [1.54, 1.807) is 6.20 Å². The molecule has 0 aromatic carbocycles. The predicted octanol–water partition coefficient (Wildman–Crippen LogP) is 2.40. The Kier molecular flexibility index (Phi) is 2.36. The maximum absolute atomic E-state index is 5.70. The Morgan fingerprint density at radius 2 is 2.31 bits per heavy atom. The first-order valence-corrected chi connectivity index (χ1v) is 4.89. The van der Waals surface area contributed by atoms with Crippen molar-refractivity contribution in [2.75, 3.05) is 5.32 Å². The van der Waals surface area contributed by atoms with E-state index < -0.39 is 0 Å². The topological polar surface area (TPSA) is 37.8 Å². The van der Waals surface area contributed by atoms with Crippen molar-refractivity contribution in [2.45, 2.75) is 32.2 Å². The number of rotatable bonds is 2. The molecule has 13 heavy (non-hydrogen) atoms. The van der Waals surface area contributed by atoms with Gasteiger partial charge in [0.25, 0.3) is 0 Å². The van der Waals surface area contributed by atoms with Gasteiger partial charge in [-0.2, -0.15) is 0 Å². The zero-order chi connectivity index (χ0) is 9.26. The summed E-state index contributed by atoms with van der Waals surface area (Å²) in [5.74, 6) is 0.879. The van der Waals surface area contributed by atoms with Gasteiger partial charge in [-0.1, -0.05) is 0 Å². The molecule has 0 unspecified atom stereocenters. The fourth-order valence-electron chi connectivity index (χ4n) is 1.31. The molecule has 1 aliphatic carbocycles. The first kappa shape index (κ1) is 8.75. The Morgan fingerprint density at radius 3 is 2.92 bits per heavy atom. The summed E-state index contributed by atoms with van der Waals surface area (Å²) in [5.41, 5.74) is 1.05. The van der Waals surface area contributed by atoms with Crippen molar-refractivity contribution in [3.8, 4) is 0 Å². The zero-order valence-electron chi connectivity index (χ0n) is 7.55. The van der Waals surface area contributed by atoms with Gasteiger partial charge in [-0.05, 0) is 37.8 Å². The molecule has 1 aliphatic rings. The number of aryl methyl sites for hydroxylation is 1. The minimum Gasteiger partial charge on any atom is -0.367 e. The maximum Gasteiger partial charge on any atom is 0.224 e. The van der Waals surface area contributed by atoms with E-state index in [0.29, 0.717) is 11.3 Å². The molecule has 0 atom stereocenters. The van der Waals surface area contributed by atoms with Gasteiger partial charge in [0.2, 0.25) is 5.28 Å². The van der Waals surface area contributed by atoms with E-state index in [1.165, 1.54) is 19.3 Å². The van der Waals surface area contributed by atoms with Gasteiger partial charge in [0.05, 0.1) is 0 Å². The molecule has 70 valence electrons. The van der Waals surface area contributed by atoms with E-state index in [4.69, 9.17) is 11.6 Å². The molecule has 0 saturated heterocycles. The summed E-state index contributed by atoms with van der Waals surface area (Å²) in [6.45, 7) is 1.98. The van der Waals surface area contributed by atoms with Gasteiger partial charge in [0, 0.05) is 17.8 Å². The monoisotopic (exact) mass is 197 g/mol. The van der Waals surface area contributed by atoms with Gasteiger partial charge in [0.1, 0.15) is 5.82 Å². The van der Waals surface area contributed by atoms with Gasteiger partial charge in [0.15, 0.2) is 0 Å². The van der Waals surface area contributed by atoms with Crippen LogP contribution in [0.25, 0.3) is 0 Å². The minimum absolute atomic E-state index is 0.312. The molecule has 1 heterocycles. The second-order valence-electron chi connectivity index (χ2n) is 3.44.